The van der Waals surface area contributed by atoms with Gasteiger partial charge in [0.05, 0.1) is 6.54 Å². The molecule has 0 saturated heterocycles. The van der Waals surface area contributed by atoms with Gasteiger partial charge in [0.15, 0.2) is 0 Å². The monoisotopic (exact) mass is 309 g/mol. The molecule has 4 nitrogen and oxygen atoms in total. The summed E-state index contributed by atoms with van der Waals surface area (Å²) >= 11 is 1.07. The first-order chi connectivity index (χ1) is 8.32. The quantitative estimate of drug-likeness (QED) is 0.822. The van der Waals surface area contributed by atoms with Crippen molar-refractivity contribution in [2.45, 2.75) is 37.4 Å². The topological polar surface area (TPSA) is 63.2 Å². The lowest BCUT2D eigenvalue weighted by atomic mass is 10.1. The molecule has 0 bridgehead atoms. The number of carbonyl (C=O) groups is 1. The standard InChI is InChI=1S/C11H16ClNO3S2/c1-3-8(2)6-10(14)13-7-9-4-5-11(17-9)18(12,15)16/h4-5,8H,3,6-7H2,1-2H3,(H,13,14). The molecule has 0 aliphatic heterocycles. The molecular weight excluding hydrogens is 294 g/mol. The van der Waals surface area contributed by atoms with Crippen LogP contribution in [-0.4, -0.2) is 14.3 Å². The molecule has 0 aliphatic rings. The maximum atomic E-state index is 11.5. The lowest BCUT2D eigenvalue weighted by Gasteiger charge is -2.08. The number of nitrogens with one attached hydrogen (secondary N) is 1. The second kappa shape index (κ2) is 6.54. The lowest BCUT2D eigenvalue weighted by molar-refractivity contribution is -0.122. The van der Waals surface area contributed by atoms with Crippen LogP contribution in [0.1, 0.15) is 31.6 Å². The largest absolute Gasteiger partial charge is 0.351 e. The van der Waals surface area contributed by atoms with E-state index in [-0.39, 0.29) is 10.1 Å². The third-order valence-corrected chi connectivity index (χ3v) is 5.75. The van der Waals surface area contributed by atoms with E-state index in [4.69, 9.17) is 10.7 Å². The second-order valence-corrected chi connectivity index (χ2v) is 8.11. The van der Waals surface area contributed by atoms with E-state index in [1.807, 2.05) is 13.8 Å². The number of halogens is 1. The van der Waals surface area contributed by atoms with E-state index >= 15 is 0 Å². The highest BCUT2D eigenvalue weighted by Gasteiger charge is 2.13. The summed E-state index contributed by atoms with van der Waals surface area (Å²) in [6.45, 7) is 4.39. The van der Waals surface area contributed by atoms with Gasteiger partial charge in [0.25, 0.3) is 9.05 Å². The minimum Gasteiger partial charge on any atom is -0.351 e. The van der Waals surface area contributed by atoms with Gasteiger partial charge in [0.2, 0.25) is 5.91 Å². The molecule has 0 aromatic carbocycles. The van der Waals surface area contributed by atoms with E-state index in [1.165, 1.54) is 6.07 Å². The average molecular weight is 310 g/mol. The van der Waals surface area contributed by atoms with Crippen molar-refractivity contribution in [1.29, 1.82) is 0 Å². The molecule has 0 spiro atoms. The van der Waals surface area contributed by atoms with Crippen LogP contribution in [0.4, 0.5) is 0 Å². The highest BCUT2D eigenvalue weighted by atomic mass is 35.7. The molecule has 0 aliphatic carbocycles. The number of hydrogen-bond donors (Lipinski definition) is 1. The Morgan fingerprint density at radius 3 is 2.67 bits per heavy atom. The minimum atomic E-state index is -3.67. The summed E-state index contributed by atoms with van der Waals surface area (Å²) in [5.41, 5.74) is 0. The maximum absolute atomic E-state index is 11.5. The van der Waals surface area contributed by atoms with Crippen LogP contribution in [0.15, 0.2) is 16.3 Å². The van der Waals surface area contributed by atoms with E-state index in [1.54, 1.807) is 6.07 Å². The molecule has 1 unspecified atom stereocenters. The highest BCUT2D eigenvalue weighted by Crippen LogP contribution is 2.24. The van der Waals surface area contributed by atoms with Gasteiger partial charge in [-0.3, -0.25) is 4.79 Å². The highest BCUT2D eigenvalue weighted by molar-refractivity contribution is 8.15. The Hall–Kier alpha value is -0.590. The van der Waals surface area contributed by atoms with Crippen molar-refractivity contribution < 1.29 is 13.2 Å². The molecule has 1 N–H and O–H groups in total. The Morgan fingerprint density at radius 2 is 2.17 bits per heavy atom. The Bertz CT molecular complexity index is 510. The number of carbonyl (C=O) groups excluding carboxylic acids is 1. The van der Waals surface area contributed by atoms with Crippen molar-refractivity contribution in [3.63, 3.8) is 0 Å². The average Bonchev–Trinajstić information content (AvgIpc) is 2.74. The van der Waals surface area contributed by atoms with Crippen molar-refractivity contribution in [1.82, 2.24) is 5.32 Å². The van der Waals surface area contributed by atoms with Crippen molar-refractivity contribution in [3.8, 4) is 0 Å². The molecule has 0 fully saturated rings. The van der Waals surface area contributed by atoms with Gasteiger partial charge in [0.1, 0.15) is 4.21 Å². The fraction of sp³-hybridized carbons (Fsp3) is 0.545. The fourth-order valence-corrected chi connectivity index (χ4v) is 3.37. The Labute approximate surface area is 116 Å². The van der Waals surface area contributed by atoms with Crippen molar-refractivity contribution in [2.24, 2.45) is 5.92 Å². The molecule has 1 aromatic heterocycles. The third-order valence-electron chi connectivity index (χ3n) is 2.57. The van der Waals surface area contributed by atoms with Gasteiger partial charge in [0, 0.05) is 22.0 Å². The summed E-state index contributed by atoms with van der Waals surface area (Å²) in [5.74, 6) is 0.333. The summed E-state index contributed by atoms with van der Waals surface area (Å²) in [4.78, 5) is 12.3. The van der Waals surface area contributed by atoms with Gasteiger partial charge in [-0.15, -0.1) is 11.3 Å². The Morgan fingerprint density at radius 1 is 1.50 bits per heavy atom. The molecule has 7 heteroatoms. The predicted octanol–water partition coefficient (Wildman–Crippen LogP) is 2.73. The van der Waals surface area contributed by atoms with Crippen LogP contribution in [-0.2, 0) is 20.4 Å². The van der Waals surface area contributed by atoms with Crippen molar-refractivity contribution in [3.05, 3.63) is 17.0 Å². The molecule has 1 aromatic rings. The molecule has 1 heterocycles. The summed E-state index contributed by atoms with van der Waals surface area (Å²) in [6, 6.07) is 3.10. The molecule has 0 radical (unpaired) electrons. The normalized spacial score (nSPS) is 13.3. The summed E-state index contributed by atoms with van der Waals surface area (Å²) in [6.07, 6.45) is 1.45. The van der Waals surface area contributed by atoms with Gasteiger partial charge in [-0.1, -0.05) is 20.3 Å². The molecule has 1 amide bonds. The zero-order valence-electron chi connectivity index (χ0n) is 10.3. The van der Waals surface area contributed by atoms with Crippen LogP contribution in [0.2, 0.25) is 0 Å². The first-order valence-corrected chi connectivity index (χ1v) is 8.75. The van der Waals surface area contributed by atoms with Crippen LogP contribution in [0.25, 0.3) is 0 Å². The molecule has 1 atom stereocenters. The van der Waals surface area contributed by atoms with E-state index in [0.717, 1.165) is 22.6 Å². The molecule has 102 valence electrons. The van der Waals surface area contributed by atoms with Crippen molar-refractivity contribution >= 4 is 37.0 Å². The molecular formula is C11H16ClNO3S2. The van der Waals surface area contributed by atoms with Crippen LogP contribution in [0.3, 0.4) is 0 Å². The Kier molecular flexibility index (Phi) is 5.62. The van der Waals surface area contributed by atoms with E-state index < -0.39 is 9.05 Å². The van der Waals surface area contributed by atoms with Crippen LogP contribution in [0.5, 0.6) is 0 Å². The maximum Gasteiger partial charge on any atom is 0.270 e. The number of hydrogen-bond acceptors (Lipinski definition) is 4. The van der Waals surface area contributed by atoms with E-state index in [9.17, 15) is 13.2 Å². The second-order valence-electron chi connectivity index (χ2n) is 4.15. The van der Waals surface area contributed by atoms with Gasteiger partial charge >= 0.3 is 0 Å². The first-order valence-electron chi connectivity index (χ1n) is 5.63. The number of thiophene rings is 1. The van der Waals surface area contributed by atoms with Gasteiger partial charge in [-0.05, 0) is 18.1 Å². The number of rotatable bonds is 6. The SMILES string of the molecule is CCC(C)CC(=O)NCc1ccc(S(=O)(=O)Cl)s1. The van der Waals surface area contributed by atoms with Gasteiger partial charge in [-0.25, -0.2) is 8.42 Å². The van der Waals surface area contributed by atoms with Crippen LogP contribution >= 0.6 is 22.0 Å². The number of amides is 1. The summed E-state index contributed by atoms with van der Waals surface area (Å²) in [7, 11) is 1.55. The predicted molar refractivity (Wildman–Crippen MR) is 73.3 cm³/mol. The van der Waals surface area contributed by atoms with E-state index in [0.29, 0.717) is 18.9 Å². The zero-order chi connectivity index (χ0) is 13.8. The van der Waals surface area contributed by atoms with E-state index in [2.05, 4.69) is 5.32 Å². The fourth-order valence-electron chi connectivity index (χ4n) is 1.30. The smallest absolute Gasteiger partial charge is 0.270 e. The summed E-state index contributed by atoms with van der Waals surface area (Å²) in [5, 5.41) is 2.76. The molecule has 18 heavy (non-hydrogen) atoms. The van der Waals surface area contributed by atoms with Crippen LogP contribution < -0.4 is 5.32 Å². The van der Waals surface area contributed by atoms with Gasteiger partial charge in [-0.2, -0.15) is 0 Å². The molecule has 1 rings (SSSR count). The lowest BCUT2D eigenvalue weighted by Crippen LogP contribution is -2.23. The summed E-state index contributed by atoms with van der Waals surface area (Å²) < 4.78 is 22.2. The van der Waals surface area contributed by atoms with Crippen molar-refractivity contribution in [2.75, 3.05) is 0 Å². The minimum absolute atomic E-state index is 0.0203. The Balaban J connectivity index is 2.50. The zero-order valence-corrected chi connectivity index (χ0v) is 12.7. The molecule has 0 saturated carbocycles. The van der Waals surface area contributed by atoms with Crippen LogP contribution in [0, 0.1) is 5.92 Å². The third kappa shape index (κ3) is 4.96. The van der Waals surface area contributed by atoms with Gasteiger partial charge < -0.3 is 5.32 Å². The first kappa shape index (κ1) is 15.5.